The lowest BCUT2D eigenvalue weighted by Gasteiger charge is -2.28. The van der Waals surface area contributed by atoms with Crippen LogP contribution in [0.4, 0.5) is 0 Å². The van der Waals surface area contributed by atoms with Crippen molar-refractivity contribution in [2.45, 2.75) is 51.0 Å². The fourth-order valence-corrected chi connectivity index (χ4v) is 3.18. The number of methoxy groups -OCH3 is 1. The molecule has 0 bridgehead atoms. The van der Waals surface area contributed by atoms with Crippen LogP contribution in [0, 0.1) is 0 Å². The van der Waals surface area contributed by atoms with Crippen molar-refractivity contribution in [2.24, 2.45) is 0 Å². The fourth-order valence-electron chi connectivity index (χ4n) is 3.18. The summed E-state index contributed by atoms with van der Waals surface area (Å²) in [4.78, 5) is 28.1. The van der Waals surface area contributed by atoms with Gasteiger partial charge in [0.05, 0.1) is 6.54 Å². The molecule has 1 atom stereocenters. The maximum Gasteiger partial charge on any atom is 0.242 e. The van der Waals surface area contributed by atoms with Crippen LogP contribution < -0.4 is 0 Å². The molecule has 0 aromatic heterocycles. The van der Waals surface area contributed by atoms with Gasteiger partial charge in [-0.05, 0) is 32.1 Å². The molecule has 0 spiro atoms. The third-order valence-corrected chi connectivity index (χ3v) is 4.35. The topological polar surface area (TPSA) is 49.9 Å². The van der Waals surface area contributed by atoms with Crippen LogP contribution in [0.5, 0.6) is 0 Å². The van der Waals surface area contributed by atoms with Gasteiger partial charge in [-0.2, -0.15) is 0 Å². The number of ether oxygens (including phenoxy) is 1. The predicted molar refractivity (Wildman–Crippen MR) is 76.3 cm³/mol. The molecule has 1 unspecified atom stereocenters. The van der Waals surface area contributed by atoms with E-state index < -0.39 is 0 Å². The molecule has 2 fully saturated rings. The highest BCUT2D eigenvalue weighted by atomic mass is 16.5. The second kappa shape index (κ2) is 7.62. The van der Waals surface area contributed by atoms with E-state index in [1.807, 2.05) is 4.90 Å². The van der Waals surface area contributed by atoms with E-state index in [-0.39, 0.29) is 18.4 Å². The van der Waals surface area contributed by atoms with Crippen LogP contribution in [0.15, 0.2) is 0 Å². The summed E-state index contributed by atoms with van der Waals surface area (Å²) >= 11 is 0. The number of hydrogen-bond acceptors (Lipinski definition) is 3. The van der Waals surface area contributed by atoms with Crippen molar-refractivity contribution < 1.29 is 14.3 Å². The number of amides is 2. The van der Waals surface area contributed by atoms with Gasteiger partial charge in [0.2, 0.25) is 11.8 Å². The van der Waals surface area contributed by atoms with E-state index in [9.17, 15) is 9.59 Å². The molecule has 5 heteroatoms. The van der Waals surface area contributed by atoms with Gasteiger partial charge in [-0.1, -0.05) is 6.42 Å². The van der Waals surface area contributed by atoms with Crippen LogP contribution in [0.1, 0.15) is 44.9 Å². The van der Waals surface area contributed by atoms with Gasteiger partial charge in [0.1, 0.15) is 0 Å². The maximum atomic E-state index is 12.4. The normalized spacial score (nSPS) is 24.1. The third kappa shape index (κ3) is 3.95. The van der Waals surface area contributed by atoms with Gasteiger partial charge in [-0.3, -0.25) is 9.59 Å². The molecule has 0 aromatic rings. The minimum Gasteiger partial charge on any atom is -0.385 e. The van der Waals surface area contributed by atoms with Crippen molar-refractivity contribution in [1.82, 2.24) is 9.80 Å². The van der Waals surface area contributed by atoms with Gasteiger partial charge < -0.3 is 14.5 Å². The number of carbonyl (C=O) groups is 2. The first-order valence-electron chi connectivity index (χ1n) is 7.78. The Kier molecular flexibility index (Phi) is 5.83. The average molecular weight is 282 g/mol. The molecule has 0 radical (unpaired) electrons. The Morgan fingerprint density at radius 3 is 2.90 bits per heavy atom. The van der Waals surface area contributed by atoms with Crippen LogP contribution in [0.3, 0.4) is 0 Å². The molecule has 0 N–H and O–H groups in total. The SMILES string of the molecule is COCCC1CCCN1C(=O)CN1CCCCCC1=O. The third-order valence-electron chi connectivity index (χ3n) is 4.35. The number of nitrogens with zero attached hydrogens (tertiary/aromatic N) is 2. The minimum absolute atomic E-state index is 0.110. The number of hydrogen-bond donors (Lipinski definition) is 0. The van der Waals surface area contributed by atoms with Gasteiger partial charge in [0.15, 0.2) is 0 Å². The summed E-state index contributed by atoms with van der Waals surface area (Å²) in [6.07, 6.45) is 6.69. The van der Waals surface area contributed by atoms with Crippen LogP contribution in [0.2, 0.25) is 0 Å². The molecule has 0 saturated carbocycles. The number of carbonyl (C=O) groups excluding carboxylic acids is 2. The van der Waals surface area contributed by atoms with E-state index in [0.29, 0.717) is 19.1 Å². The lowest BCUT2D eigenvalue weighted by Crippen LogP contribution is -2.44. The molecule has 114 valence electrons. The summed E-state index contributed by atoms with van der Waals surface area (Å²) < 4.78 is 5.11. The Morgan fingerprint density at radius 1 is 1.25 bits per heavy atom. The molecule has 2 aliphatic heterocycles. The summed E-state index contributed by atoms with van der Waals surface area (Å²) in [6, 6.07) is 0.296. The second-order valence-electron chi connectivity index (χ2n) is 5.79. The predicted octanol–water partition coefficient (Wildman–Crippen LogP) is 1.42. The van der Waals surface area contributed by atoms with Crippen LogP contribution in [-0.2, 0) is 14.3 Å². The summed E-state index contributed by atoms with van der Waals surface area (Å²) in [6.45, 7) is 2.52. The summed E-state index contributed by atoms with van der Waals surface area (Å²) in [5.74, 6) is 0.252. The van der Waals surface area contributed by atoms with Crippen molar-refractivity contribution in [3.05, 3.63) is 0 Å². The van der Waals surface area contributed by atoms with E-state index in [0.717, 1.165) is 51.6 Å². The molecule has 2 amide bonds. The molecule has 20 heavy (non-hydrogen) atoms. The lowest BCUT2D eigenvalue weighted by atomic mass is 10.1. The first-order chi connectivity index (χ1) is 9.72. The zero-order valence-electron chi connectivity index (χ0n) is 12.5. The second-order valence-corrected chi connectivity index (χ2v) is 5.79. The van der Waals surface area contributed by atoms with E-state index in [1.165, 1.54) is 0 Å². The minimum atomic E-state index is 0.110. The van der Waals surface area contributed by atoms with Crippen molar-refractivity contribution in [3.8, 4) is 0 Å². The van der Waals surface area contributed by atoms with E-state index in [1.54, 1.807) is 12.0 Å². The Labute approximate surface area is 121 Å². The van der Waals surface area contributed by atoms with Crippen LogP contribution in [-0.4, -0.2) is 61.0 Å². The summed E-state index contributed by atoms with van der Waals surface area (Å²) in [7, 11) is 1.69. The summed E-state index contributed by atoms with van der Waals surface area (Å²) in [5.41, 5.74) is 0. The van der Waals surface area contributed by atoms with Crippen molar-refractivity contribution >= 4 is 11.8 Å². The molecule has 2 heterocycles. The fraction of sp³-hybridized carbons (Fsp3) is 0.867. The van der Waals surface area contributed by atoms with Gasteiger partial charge in [0.25, 0.3) is 0 Å². The molecule has 2 rings (SSSR count). The quantitative estimate of drug-likeness (QED) is 0.766. The highest BCUT2D eigenvalue weighted by Crippen LogP contribution is 2.21. The van der Waals surface area contributed by atoms with Crippen LogP contribution >= 0.6 is 0 Å². The molecular weight excluding hydrogens is 256 g/mol. The largest absolute Gasteiger partial charge is 0.385 e. The van der Waals surface area contributed by atoms with Crippen LogP contribution in [0.25, 0.3) is 0 Å². The smallest absolute Gasteiger partial charge is 0.242 e. The Hall–Kier alpha value is -1.10. The average Bonchev–Trinajstić information content (AvgIpc) is 2.82. The zero-order valence-corrected chi connectivity index (χ0v) is 12.5. The molecule has 5 nitrogen and oxygen atoms in total. The van der Waals surface area contributed by atoms with Crippen molar-refractivity contribution in [2.75, 3.05) is 33.4 Å². The van der Waals surface area contributed by atoms with E-state index in [4.69, 9.17) is 4.74 Å². The Balaban J connectivity index is 1.87. The monoisotopic (exact) mass is 282 g/mol. The van der Waals surface area contributed by atoms with Gasteiger partial charge in [-0.15, -0.1) is 0 Å². The molecular formula is C15H26N2O3. The molecule has 2 saturated heterocycles. The number of likely N-dealkylation sites (tertiary alicyclic amines) is 2. The Morgan fingerprint density at radius 2 is 2.10 bits per heavy atom. The van der Waals surface area contributed by atoms with Gasteiger partial charge in [0, 0.05) is 39.3 Å². The van der Waals surface area contributed by atoms with Gasteiger partial charge >= 0.3 is 0 Å². The van der Waals surface area contributed by atoms with Crippen molar-refractivity contribution in [1.29, 1.82) is 0 Å². The first kappa shape index (κ1) is 15.3. The standard InChI is InChI=1S/C15H26N2O3/c1-20-11-8-13-6-5-10-17(13)15(19)12-16-9-4-2-3-7-14(16)18/h13H,2-12H2,1H3. The highest BCUT2D eigenvalue weighted by Gasteiger charge is 2.30. The molecule has 0 aromatic carbocycles. The van der Waals surface area contributed by atoms with Crippen molar-refractivity contribution in [3.63, 3.8) is 0 Å². The maximum absolute atomic E-state index is 12.4. The zero-order chi connectivity index (χ0) is 14.4. The van der Waals surface area contributed by atoms with E-state index in [2.05, 4.69) is 0 Å². The molecule has 0 aliphatic carbocycles. The first-order valence-corrected chi connectivity index (χ1v) is 7.78. The molecule has 2 aliphatic rings. The van der Waals surface area contributed by atoms with Gasteiger partial charge in [-0.25, -0.2) is 0 Å². The highest BCUT2D eigenvalue weighted by molar-refractivity contribution is 5.85. The number of rotatable bonds is 5. The summed E-state index contributed by atoms with van der Waals surface area (Å²) in [5, 5.41) is 0. The van der Waals surface area contributed by atoms with E-state index >= 15 is 0 Å². The Bertz CT molecular complexity index is 346. The lowest BCUT2D eigenvalue weighted by molar-refractivity contribution is -0.140.